The molecule has 5 nitrogen and oxygen atoms in total. The first-order valence-electron chi connectivity index (χ1n) is 6.16. The van der Waals surface area contributed by atoms with Gasteiger partial charge in [-0.2, -0.15) is 0 Å². The fourth-order valence-electron chi connectivity index (χ4n) is 1.81. The molecule has 0 bridgehead atoms. The quantitative estimate of drug-likeness (QED) is 0.831. The zero-order chi connectivity index (χ0) is 15.2. The number of oxazole rings is 1. The third kappa shape index (κ3) is 4.35. The molecule has 2 rings (SSSR count). The first-order valence-corrected chi connectivity index (χ1v) is 6.54. The fraction of sp³-hybridized carbons (Fsp3) is 0.200. The minimum atomic E-state index is -0.949. The molecule has 0 atom stereocenters. The van der Waals surface area contributed by atoms with E-state index in [0.717, 1.165) is 5.56 Å². The summed E-state index contributed by atoms with van der Waals surface area (Å²) in [5.74, 6) is 2.48. The van der Waals surface area contributed by atoms with Gasteiger partial charge in [0, 0.05) is 10.6 Å². The molecular formula is C15H13ClN2O3. The van der Waals surface area contributed by atoms with Crippen molar-refractivity contribution in [2.24, 2.45) is 0 Å². The molecule has 0 aliphatic heterocycles. The molecule has 0 aliphatic rings. The maximum Gasteiger partial charge on any atom is 0.317 e. The molecule has 1 heterocycles. The Kier molecular flexibility index (Phi) is 4.99. The standard InChI is InChI=1S/C15H13ClN2O3/c1-2-7-18(10-15(19)20)9-14-17-8-13(21-14)11-3-5-12(16)6-4-11/h1,3-6,8H,7,9-10H2,(H,19,20). The summed E-state index contributed by atoms with van der Waals surface area (Å²) in [7, 11) is 0. The van der Waals surface area contributed by atoms with Crippen LogP contribution in [-0.2, 0) is 11.3 Å². The van der Waals surface area contributed by atoms with Gasteiger partial charge in [0.25, 0.3) is 0 Å². The van der Waals surface area contributed by atoms with Crippen molar-refractivity contribution in [2.45, 2.75) is 6.54 Å². The fourth-order valence-corrected chi connectivity index (χ4v) is 1.94. The first kappa shape index (κ1) is 15.1. The Balaban J connectivity index is 2.10. The van der Waals surface area contributed by atoms with E-state index in [9.17, 15) is 4.79 Å². The van der Waals surface area contributed by atoms with Gasteiger partial charge in [0.05, 0.1) is 25.8 Å². The number of rotatable bonds is 6. The maximum atomic E-state index is 10.8. The van der Waals surface area contributed by atoms with E-state index in [2.05, 4.69) is 10.9 Å². The highest BCUT2D eigenvalue weighted by Crippen LogP contribution is 2.22. The Labute approximate surface area is 127 Å². The van der Waals surface area contributed by atoms with Crippen LogP contribution in [0.1, 0.15) is 5.89 Å². The molecule has 0 saturated heterocycles. The van der Waals surface area contributed by atoms with Crippen molar-refractivity contribution in [2.75, 3.05) is 13.1 Å². The Morgan fingerprint density at radius 1 is 1.43 bits per heavy atom. The second-order valence-corrected chi connectivity index (χ2v) is 4.80. The minimum Gasteiger partial charge on any atom is -0.480 e. The molecule has 2 aromatic rings. The maximum absolute atomic E-state index is 10.8. The van der Waals surface area contributed by atoms with Crippen LogP contribution in [0, 0.1) is 12.3 Å². The van der Waals surface area contributed by atoms with Gasteiger partial charge >= 0.3 is 5.97 Å². The van der Waals surface area contributed by atoms with Crippen LogP contribution in [0.3, 0.4) is 0 Å². The summed E-state index contributed by atoms with van der Waals surface area (Å²) in [6.07, 6.45) is 6.81. The van der Waals surface area contributed by atoms with Crippen molar-refractivity contribution >= 4 is 17.6 Å². The number of aromatic nitrogens is 1. The van der Waals surface area contributed by atoms with E-state index in [1.165, 1.54) is 0 Å². The van der Waals surface area contributed by atoms with E-state index in [1.54, 1.807) is 23.2 Å². The van der Waals surface area contributed by atoms with E-state index in [-0.39, 0.29) is 19.6 Å². The molecule has 6 heteroatoms. The molecule has 0 fully saturated rings. The lowest BCUT2D eigenvalue weighted by Crippen LogP contribution is -2.29. The number of hydrogen-bond donors (Lipinski definition) is 1. The van der Waals surface area contributed by atoms with Crippen LogP contribution in [0.25, 0.3) is 11.3 Å². The number of halogens is 1. The number of benzene rings is 1. The predicted octanol–water partition coefficient (Wildman–Crippen LogP) is 2.51. The highest BCUT2D eigenvalue weighted by Gasteiger charge is 2.13. The number of hydrogen-bond acceptors (Lipinski definition) is 4. The van der Waals surface area contributed by atoms with Gasteiger partial charge in [-0.15, -0.1) is 6.42 Å². The molecule has 0 spiro atoms. The topological polar surface area (TPSA) is 66.6 Å². The monoisotopic (exact) mass is 304 g/mol. The largest absolute Gasteiger partial charge is 0.480 e. The van der Waals surface area contributed by atoms with Gasteiger partial charge in [-0.1, -0.05) is 17.5 Å². The van der Waals surface area contributed by atoms with Gasteiger partial charge in [0.1, 0.15) is 0 Å². The molecule has 108 valence electrons. The van der Waals surface area contributed by atoms with Gasteiger partial charge < -0.3 is 9.52 Å². The number of carboxylic acid groups (broad SMARTS) is 1. The highest BCUT2D eigenvalue weighted by atomic mass is 35.5. The molecule has 0 aliphatic carbocycles. The second-order valence-electron chi connectivity index (χ2n) is 4.37. The number of aliphatic carboxylic acids is 1. The summed E-state index contributed by atoms with van der Waals surface area (Å²) in [4.78, 5) is 16.5. The van der Waals surface area contributed by atoms with E-state index in [4.69, 9.17) is 27.5 Å². The van der Waals surface area contributed by atoms with Crippen LogP contribution < -0.4 is 0 Å². The lowest BCUT2D eigenvalue weighted by molar-refractivity contribution is -0.138. The van der Waals surface area contributed by atoms with Crippen molar-refractivity contribution in [3.63, 3.8) is 0 Å². The molecular weight excluding hydrogens is 292 g/mol. The van der Waals surface area contributed by atoms with Crippen molar-refractivity contribution < 1.29 is 14.3 Å². The summed E-state index contributed by atoms with van der Waals surface area (Å²) >= 11 is 5.83. The Bertz CT molecular complexity index is 658. The van der Waals surface area contributed by atoms with E-state index < -0.39 is 5.97 Å². The van der Waals surface area contributed by atoms with Gasteiger partial charge in [-0.3, -0.25) is 9.69 Å². The summed E-state index contributed by atoms with van der Waals surface area (Å²) in [6.45, 7) is 0.290. The van der Waals surface area contributed by atoms with Crippen LogP contribution >= 0.6 is 11.6 Å². The lowest BCUT2D eigenvalue weighted by Gasteiger charge is -2.14. The molecule has 1 N–H and O–H groups in total. The van der Waals surface area contributed by atoms with Gasteiger partial charge in [0.2, 0.25) is 5.89 Å². The zero-order valence-electron chi connectivity index (χ0n) is 11.1. The summed E-state index contributed by atoms with van der Waals surface area (Å²) in [5, 5.41) is 9.46. The average Bonchev–Trinajstić information content (AvgIpc) is 2.87. The van der Waals surface area contributed by atoms with Crippen LogP contribution in [-0.4, -0.2) is 34.0 Å². The normalized spacial score (nSPS) is 10.5. The second kappa shape index (κ2) is 6.93. The van der Waals surface area contributed by atoms with Crippen molar-refractivity contribution in [1.29, 1.82) is 0 Å². The Morgan fingerprint density at radius 2 is 2.14 bits per heavy atom. The predicted molar refractivity (Wildman–Crippen MR) is 78.7 cm³/mol. The van der Waals surface area contributed by atoms with E-state index in [1.807, 2.05) is 12.1 Å². The number of terminal acetylenes is 1. The van der Waals surface area contributed by atoms with Crippen molar-refractivity contribution in [3.05, 3.63) is 41.4 Å². The van der Waals surface area contributed by atoms with Crippen LogP contribution in [0.4, 0.5) is 0 Å². The number of nitrogens with zero attached hydrogens (tertiary/aromatic N) is 2. The molecule has 21 heavy (non-hydrogen) atoms. The Morgan fingerprint density at radius 3 is 2.76 bits per heavy atom. The number of carbonyl (C=O) groups is 1. The molecule has 1 aromatic heterocycles. The Hall–Kier alpha value is -2.29. The summed E-state index contributed by atoms with van der Waals surface area (Å²) < 4.78 is 5.61. The van der Waals surface area contributed by atoms with Gasteiger partial charge in [-0.05, 0) is 24.3 Å². The van der Waals surface area contributed by atoms with Crippen LogP contribution in [0.2, 0.25) is 5.02 Å². The van der Waals surface area contributed by atoms with Gasteiger partial charge in [-0.25, -0.2) is 4.98 Å². The highest BCUT2D eigenvalue weighted by molar-refractivity contribution is 6.30. The third-order valence-electron chi connectivity index (χ3n) is 2.71. The summed E-state index contributed by atoms with van der Waals surface area (Å²) in [5.41, 5.74) is 0.847. The van der Waals surface area contributed by atoms with Crippen LogP contribution in [0.15, 0.2) is 34.9 Å². The molecule has 0 radical (unpaired) electrons. The molecule has 1 aromatic carbocycles. The third-order valence-corrected chi connectivity index (χ3v) is 2.97. The van der Waals surface area contributed by atoms with Crippen molar-refractivity contribution in [3.8, 4) is 23.7 Å². The molecule has 0 amide bonds. The minimum absolute atomic E-state index is 0.164. The van der Waals surface area contributed by atoms with Crippen LogP contribution in [0.5, 0.6) is 0 Å². The van der Waals surface area contributed by atoms with E-state index in [0.29, 0.717) is 16.7 Å². The molecule has 0 saturated carbocycles. The van der Waals surface area contributed by atoms with E-state index >= 15 is 0 Å². The zero-order valence-corrected chi connectivity index (χ0v) is 11.9. The van der Waals surface area contributed by atoms with Gasteiger partial charge in [0.15, 0.2) is 5.76 Å². The molecule has 0 unspecified atom stereocenters. The number of carboxylic acids is 1. The first-order chi connectivity index (χ1) is 10.1. The van der Waals surface area contributed by atoms with Crippen molar-refractivity contribution in [1.82, 2.24) is 9.88 Å². The SMILES string of the molecule is C#CCN(CC(=O)O)Cc1ncc(-c2ccc(Cl)cc2)o1. The lowest BCUT2D eigenvalue weighted by atomic mass is 10.2. The average molecular weight is 305 g/mol. The smallest absolute Gasteiger partial charge is 0.317 e. The summed E-state index contributed by atoms with van der Waals surface area (Å²) in [6, 6.07) is 7.16.